The van der Waals surface area contributed by atoms with E-state index in [1.165, 1.54) is 0 Å². The van der Waals surface area contributed by atoms with Crippen molar-refractivity contribution < 1.29 is 23.0 Å². The van der Waals surface area contributed by atoms with Crippen molar-refractivity contribution in [3.8, 4) is 0 Å². The van der Waals surface area contributed by atoms with Crippen LogP contribution in [0.15, 0.2) is 0 Å². The van der Waals surface area contributed by atoms with Crippen LogP contribution in [0.3, 0.4) is 0 Å². The molecule has 2 nitrogen and oxygen atoms in total. The molecule has 0 amide bonds. The first-order valence-electron chi connectivity index (χ1n) is 0.408. The minimum atomic E-state index is -1.42. The second-order valence-electron chi connectivity index (χ2n) is 0.0833. The van der Waals surface area contributed by atoms with Crippen LogP contribution in [0.25, 0.3) is 0 Å². The summed E-state index contributed by atoms with van der Waals surface area (Å²) in [5.74, 6) is 0. The Bertz CT molecular complexity index is 33.9. The van der Waals surface area contributed by atoms with Gasteiger partial charge in [0.25, 0.3) is 0 Å². The Morgan fingerprint density at radius 3 is 0.857 bits per heavy atom. The fraction of sp³-hybridized carbons (Fsp3) is 0. The van der Waals surface area contributed by atoms with Gasteiger partial charge in [0.1, 0.15) is 0 Å². The van der Waals surface area contributed by atoms with Crippen molar-refractivity contribution in [2.45, 2.75) is 0 Å². The van der Waals surface area contributed by atoms with Gasteiger partial charge in [0.2, 0.25) is 0 Å². The van der Waals surface area contributed by atoms with Crippen LogP contribution in [0, 0.1) is 0 Å². The normalized spacial score (nSPS) is 1.14. The van der Waals surface area contributed by atoms with Crippen LogP contribution in [0.5, 0.6) is 0 Å². The Morgan fingerprint density at radius 2 is 0.857 bits per heavy atom. The molecule has 0 aliphatic carbocycles. The molecule has 0 bridgehead atoms. The van der Waals surface area contributed by atoms with Crippen LogP contribution in [0.1, 0.15) is 0 Å². The second-order valence-corrected chi connectivity index (χ2v) is 0.250. The van der Waals surface area contributed by atoms with Gasteiger partial charge >= 0.3 is 26.7 Å². The second kappa shape index (κ2) is 125. The summed E-state index contributed by atoms with van der Waals surface area (Å²) >= 11 is 0. The third-order valence-corrected chi connectivity index (χ3v) is 0. The van der Waals surface area contributed by atoms with E-state index in [9.17, 15) is 0 Å². The Kier molecular flexibility index (Phi) is 1050. The molecule has 0 spiro atoms. The van der Waals surface area contributed by atoms with Gasteiger partial charge < -0.3 is 14.1 Å². The van der Waals surface area contributed by atoms with Gasteiger partial charge in [-0.05, 0) is 0 Å². The van der Waals surface area contributed by atoms with E-state index >= 15 is 0 Å². The van der Waals surface area contributed by atoms with Crippen molar-refractivity contribution in [3.05, 3.63) is 0 Å². The monoisotopic (exact) mass is 144 g/mol. The quantitative estimate of drug-likeness (QED) is 0.316. The van der Waals surface area contributed by atoms with Crippen LogP contribution in [-0.4, -0.2) is 26.7 Å². The van der Waals surface area contributed by atoms with Gasteiger partial charge in [-0.2, -0.15) is 0 Å². The summed E-state index contributed by atoms with van der Waals surface area (Å²) in [6, 6.07) is 0. The molecule has 40 valence electrons. The average Bonchev–Trinajstić information content (AvgIpc) is 0.918. The minimum Gasteiger partial charge on any atom is -1.00 e. The fourth-order valence-corrected chi connectivity index (χ4v) is 0. The molecular formula is AlF3O2Si. The molecule has 0 aromatic heterocycles. The summed E-state index contributed by atoms with van der Waals surface area (Å²) in [5.41, 5.74) is 0. The molecule has 0 saturated carbocycles. The van der Waals surface area contributed by atoms with Crippen molar-refractivity contribution in [1.29, 1.82) is 0 Å². The van der Waals surface area contributed by atoms with E-state index in [0.29, 0.717) is 0 Å². The van der Waals surface area contributed by atoms with E-state index in [1.54, 1.807) is 0 Å². The molecule has 0 rings (SSSR count). The number of hydrogen-bond acceptors (Lipinski definition) is 2. The van der Waals surface area contributed by atoms with Gasteiger partial charge in [0.05, 0.1) is 0 Å². The van der Waals surface area contributed by atoms with Crippen molar-refractivity contribution in [2.24, 2.45) is 0 Å². The first-order chi connectivity index (χ1) is 1.41. The van der Waals surface area contributed by atoms with Crippen LogP contribution in [0.2, 0.25) is 0 Å². The van der Waals surface area contributed by atoms with E-state index in [2.05, 4.69) is 0 Å². The molecule has 0 radical (unpaired) electrons. The third-order valence-electron chi connectivity index (χ3n) is 0. The molecule has 0 heterocycles. The van der Waals surface area contributed by atoms with E-state index in [0.717, 1.165) is 0 Å². The smallest absolute Gasteiger partial charge is 1.00 e. The van der Waals surface area contributed by atoms with Crippen molar-refractivity contribution in [3.63, 3.8) is 0 Å². The molecule has 0 aliphatic rings. The SMILES string of the molecule is O=[Si]=O.[Al+3].[F-].[F-].[F-]. The molecule has 0 aromatic rings. The molecule has 7 heavy (non-hydrogen) atoms. The summed E-state index contributed by atoms with van der Waals surface area (Å²) in [6.07, 6.45) is 0. The molecule has 0 unspecified atom stereocenters. The predicted molar refractivity (Wildman–Crippen MR) is 12.9 cm³/mol. The van der Waals surface area contributed by atoms with E-state index in [-0.39, 0.29) is 31.5 Å². The van der Waals surface area contributed by atoms with E-state index in [4.69, 9.17) is 8.92 Å². The molecule has 0 saturated heterocycles. The molecule has 7 heteroatoms. The standard InChI is InChI=1S/Al.3FH.O2Si/c;;;;1-3-2/h;3*1H;/q+3;;;;/p-3. The van der Waals surface area contributed by atoms with Crippen LogP contribution >= 0.6 is 0 Å². The molecular weight excluding hydrogens is 144 g/mol. The van der Waals surface area contributed by atoms with Gasteiger partial charge in [-0.25, -0.2) is 0 Å². The summed E-state index contributed by atoms with van der Waals surface area (Å²) in [5, 5.41) is 0. The Morgan fingerprint density at radius 1 is 0.857 bits per heavy atom. The van der Waals surface area contributed by atoms with Crippen LogP contribution < -0.4 is 14.1 Å². The van der Waals surface area contributed by atoms with E-state index in [1.807, 2.05) is 0 Å². The topological polar surface area (TPSA) is 34.1 Å². The van der Waals surface area contributed by atoms with Crippen LogP contribution in [0.4, 0.5) is 0 Å². The molecule has 0 aromatic carbocycles. The summed E-state index contributed by atoms with van der Waals surface area (Å²) in [6.45, 7) is 0. The zero-order chi connectivity index (χ0) is 2.71. The third kappa shape index (κ3) is 5420. The number of halogens is 3. The van der Waals surface area contributed by atoms with Crippen LogP contribution in [-0.2, 0) is 8.92 Å². The first kappa shape index (κ1) is 58.8. The largest absolute Gasteiger partial charge is 3.00 e. The van der Waals surface area contributed by atoms with Gasteiger partial charge in [-0.3, -0.25) is 8.92 Å². The van der Waals surface area contributed by atoms with Crippen molar-refractivity contribution in [1.82, 2.24) is 0 Å². The van der Waals surface area contributed by atoms with Gasteiger partial charge in [-0.1, -0.05) is 0 Å². The van der Waals surface area contributed by atoms with Crippen molar-refractivity contribution in [2.75, 3.05) is 0 Å². The van der Waals surface area contributed by atoms with Gasteiger partial charge in [0.15, 0.2) is 0 Å². The van der Waals surface area contributed by atoms with E-state index < -0.39 is 9.29 Å². The number of rotatable bonds is 0. The maximum absolute atomic E-state index is 8.40. The molecule has 0 N–H and O–H groups in total. The predicted octanol–water partition coefficient (Wildman–Crippen LogP) is -9.99. The Labute approximate surface area is 50.5 Å². The molecule has 0 atom stereocenters. The van der Waals surface area contributed by atoms with Gasteiger partial charge in [-0.15, -0.1) is 0 Å². The minimum absolute atomic E-state index is 0. The average molecular weight is 144 g/mol. The summed E-state index contributed by atoms with van der Waals surface area (Å²) < 4.78 is 16.8. The fourth-order valence-electron chi connectivity index (χ4n) is 0. The van der Waals surface area contributed by atoms with Gasteiger partial charge in [0, 0.05) is 0 Å². The number of hydrogen-bond donors (Lipinski definition) is 0. The first-order valence-corrected chi connectivity index (χ1v) is 1.22. The zero-order valence-electron chi connectivity index (χ0n) is 3.03. The Balaban J connectivity index is -0.00000000333. The van der Waals surface area contributed by atoms with Crippen molar-refractivity contribution >= 4 is 26.7 Å². The molecule has 0 fully saturated rings. The summed E-state index contributed by atoms with van der Waals surface area (Å²) in [7, 11) is -1.42. The zero-order valence-corrected chi connectivity index (χ0v) is 5.18. The maximum Gasteiger partial charge on any atom is 3.00 e. The molecule has 0 aliphatic heterocycles. The maximum atomic E-state index is 8.40. The summed E-state index contributed by atoms with van der Waals surface area (Å²) in [4.78, 5) is 0. The Hall–Kier alpha value is 0.139.